The average Bonchev–Trinajstić information content (AvgIpc) is 3.65. The highest BCUT2D eigenvalue weighted by atomic mass is 16.3. The second-order valence-corrected chi connectivity index (χ2v) is 14.1. The third-order valence-corrected chi connectivity index (χ3v) is 10.9. The summed E-state index contributed by atoms with van der Waals surface area (Å²) in [6.45, 7) is 0. The van der Waals surface area contributed by atoms with E-state index in [-0.39, 0.29) is 0 Å². The highest BCUT2D eigenvalue weighted by Crippen LogP contribution is 2.43. The standard InChI is InChI=1S/C52H32N2O/c1-2-15-34(16-3-1)52-53-46(32-47(54-52)41-23-9-8-22-40(41)42-25-13-27-49-51(42)44-24-10-11-26-48(44)55-49)36-18-12-19-37(30-36)50-39-21-7-5-17-35(39)31-45-38-20-6-4-14-33(38)28-29-43(45)50/h1-32H. The number of para-hydroxylation sites is 1. The van der Waals surface area contributed by atoms with E-state index < -0.39 is 0 Å². The van der Waals surface area contributed by atoms with E-state index in [0.29, 0.717) is 5.82 Å². The molecule has 0 amide bonds. The molecule has 0 atom stereocenters. The van der Waals surface area contributed by atoms with E-state index in [9.17, 15) is 0 Å². The lowest BCUT2D eigenvalue weighted by Crippen LogP contribution is -1.97. The molecule has 2 aromatic heterocycles. The molecule has 0 saturated carbocycles. The van der Waals surface area contributed by atoms with E-state index in [2.05, 4.69) is 158 Å². The van der Waals surface area contributed by atoms with Crippen LogP contribution in [0.2, 0.25) is 0 Å². The van der Waals surface area contributed by atoms with Gasteiger partial charge in [0.2, 0.25) is 0 Å². The molecular formula is C52H32N2O. The smallest absolute Gasteiger partial charge is 0.160 e. The van der Waals surface area contributed by atoms with Crippen molar-refractivity contribution < 1.29 is 4.42 Å². The number of aromatic nitrogens is 2. The van der Waals surface area contributed by atoms with Crippen molar-refractivity contribution in [2.45, 2.75) is 0 Å². The van der Waals surface area contributed by atoms with Crippen LogP contribution in [-0.4, -0.2) is 9.97 Å². The SMILES string of the molecule is c1ccc(-c2nc(-c3cccc(-c4c5ccccc5cc5c4ccc4ccccc45)c3)cc(-c3ccccc3-c3cccc4oc5ccccc5c34)n2)cc1. The van der Waals surface area contributed by atoms with Crippen LogP contribution in [0.25, 0.3) is 110 Å². The molecule has 0 bridgehead atoms. The van der Waals surface area contributed by atoms with Crippen molar-refractivity contribution >= 4 is 54.3 Å². The van der Waals surface area contributed by atoms with Gasteiger partial charge < -0.3 is 4.42 Å². The molecule has 256 valence electrons. The molecule has 0 N–H and O–H groups in total. The van der Waals surface area contributed by atoms with Gasteiger partial charge in [-0.3, -0.25) is 0 Å². The first-order valence-electron chi connectivity index (χ1n) is 18.7. The maximum atomic E-state index is 6.31. The molecule has 3 heteroatoms. The summed E-state index contributed by atoms with van der Waals surface area (Å²) in [5.74, 6) is 0.683. The highest BCUT2D eigenvalue weighted by Gasteiger charge is 2.19. The summed E-state index contributed by atoms with van der Waals surface area (Å²) < 4.78 is 6.31. The van der Waals surface area contributed by atoms with Crippen LogP contribution in [0, 0.1) is 0 Å². The van der Waals surface area contributed by atoms with Crippen molar-refractivity contribution in [2.24, 2.45) is 0 Å². The van der Waals surface area contributed by atoms with E-state index in [1.165, 1.54) is 37.9 Å². The summed E-state index contributed by atoms with van der Waals surface area (Å²) in [6, 6.07) is 68.6. The Labute approximate surface area is 317 Å². The number of fused-ring (bicyclic) bond motifs is 7. The second kappa shape index (κ2) is 12.6. The Morgan fingerprint density at radius 2 is 0.964 bits per heavy atom. The van der Waals surface area contributed by atoms with Gasteiger partial charge in [0.1, 0.15) is 11.2 Å². The molecule has 0 spiro atoms. The molecule has 0 aliphatic carbocycles. The van der Waals surface area contributed by atoms with Crippen molar-refractivity contribution in [3.63, 3.8) is 0 Å². The van der Waals surface area contributed by atoms with Gasteiger partial charge in [-0.15, -0.1) is 0 Å². The van der Waals surface area contributed by atoms with Crippen LogP contribution in [0.4, 0.5) is 0 Å². The fourth-order valence-corrected chi connectivity index (χ4v) is 8.36. The quantitative estimate of drug-likeness (QED) is 0.133. The zero-order valence-electron chi connectivity index (χ0n) is 29.8. The number of hydrogen-bond acceptors (Lipinski definition) is 3. The third-order valence-electron chi connectivity index (χ3n) is 10.9. The number of rotatable bonds is 5. The van der Waals surface area contributed by atoms with E-state index in [4.69, 9.17) is 14.4 Å². The van der Waals surface area contributed by atoms with E-state index in [1.807, 2.05) is 36.4 Å². The first-order valence-corrected chi connectivity index (χ1v) is 18.7. The summed E-state index contributed by atoms with van der Waals surface area (Å²) in [5, 5.41) is 9.64. The molecule has 0 fully saturated rings. The van der Waals surface area contributed by atoms with Gasteiger partial charge in [0, 0.05) is 27.5 Å². The van der Waals surface area contributed by atoms with Crippen LogP contribution in [0.15, 0.2) is 199 Å². The molecule has 2 heterocycles. The monoisotopic (exact) mass is 700 g/mol. The normalized spacial score (nSPS) is 11.6. The van der Waals surface area contributed by atoms with Crippen LogP contribution in [0.5, 0.6) is 0 Å². The minimum Gasteiger partial charge on any atom is -0.456 e. The number of nitrogens with zero attached hydrogens (tertiary/aromatic N) is 2. The third kappa shape index (κ3) is 5.20. The molecule has 11 rings (SSSR count). The molecule has 55 heavy (non-hydrogen) atoms. The van der Waals surface area contributed by atoms with Gasteiger partial charge >= 0.3 is 0 Å². The molecule has 3 nitrogen and oxygen atoms in total. The largest absolute Gasteiger partial charge is 0.456 e. The van der Waals surface area contributed by atoms with Crippen LogP contribution >= 0.6 is 0 Å². The maximum absolute atomic E-state index is 6.31. The molecule has 0 radical (unpaired) electrons. The Hall–Kier alpha value is -7.36. The Morgan fingerprint density at radius 1 is 0.327 bits per heavy atom. The van der Waals surface area contributed by atoms with Crippen LogP contribution in [0.1, 0.15) is 0 Å². The summed E-state index contributed by atoms with van der Waals surface area (Å²) in [4.78, 5) is 10.5. The lowest BCUT2D eigenvalue weighted by molar-refractivity contribution is 0.669. The summed E-state index contributed by atoms with van der Waals surface area (Å²) in [6.07, 6.45) is 0. The Morgan fingerprint density at radius 3 is 1.85 bits per heavy atom. The van der Waals surface area contributed by atoms with Crippen LogP contribution in [0.3, 0.4) is 0 Å². The summed E-state index contributed by atoms with van der Waals surface area (Å²) >= 11 is 0. The molecule has 0 unspecified atom stereocenters. The van der Waals surface area contributed by atoms with Gasteiger partial charge in [-0.2, -0.15) is 0 Å². The van der Waals surface area contributed by atoms with Crippen LogP contribution in [-0.2, 0) is 0 Å². The molecular weight excluding hydrogens is 669 g/mol. The molecule has 9 aromatic carbocycles. The molecule has 0 aliphatic heterocycles. The van der Waals surface area contributed by atoms with Gasteiger partial charge in [0.05, 0.1) is 11.4 Å². The highest BCUT2D eigenvalue weighted by molar-refractivity contribution is 6.20. The van der Waals surface area contributed by atoms with Crippen molar-refractivity contribution in [3.05, 3.63) is 194 Å². The maximum Gasteiger partial charge on any atom is 0.160 e. The van der Waals surface area contributed by atoms with Crippen LogP contribution < -0.4 is 0 Å². The second-order valence-electron chi connectivity index (χ2n) is 14.1. The first kappa shape index (κ1) is 31.2. The van der Waals surface area contributed by atoms with Gasteiger partial charge in [0.25, 0.3) is 0 Å². The van der Waals surface area contributed by atoms with Crippen molar-refractivity contribution in [1.29, 1.82) is 0 Å². The fraction of sp³-hybridized carbons (Fsp3) is 0. The van der Waals surface area contributed by atoms with Gasteiger partial charge in [-0.05, 0) is 84.9 Å². The van der Waals surface area contributed by atoms with Gasteiger partial charge in [-0.25, -0.2) is 9.97 Å². The van der Waals surface area contributed by atoms with Crippen molar-refractivity contribution in [2.75, 3.05) is 0 Å². The average molecular weight is 701 g/mol. The zero-order valence-corrected chi connectivity index (χ0v) is 29.8. The first-order chi connectivity index (χ1) is 27.3. The minimum atomic E-state index is 0.683. The zero-order chi connectivity index (χ0) is 36.3. The topological polar surface area (TPSA) is 38.9 Å². The van der Waals surface area contributed by atoms with E-state index >= 15 is 0 Å². The summed E-state index contributed by atoms with van der Waals surface area (Å²) in [5.41, 5.74) is 11.1. The lowest BCUT2D eigenvalue weighted by Gasteiger charge is -2.16. The molecule has 11 aromatic rings. The molecule has 0 saturated heterocycles. The van der Waals surface area contributed by atoms with Gasteiger partial charge in [-0.1, -0.05) is 164 Å². The van der Waals surface area contributed by atoms with E-state index in [0.717, 1.165) is 66.7 Å². The predicted octanol–water partition coefficient (Wildman–Crippen LogP) is 14.2. The molecule has 0 aliphatic rings. The fourth-order valence-electron chi connectivity index (χ4n) is 8.36. The Kier molecular flexibility index (Phi) is 7.17. The van der Waals surface area contributed by atoms with Crippen molar-refractivity contribution in [1.82, 2.24) is 9.97 Å². The lowest BCUT2D eigenvalue weighted by atomic mass is 9.89. The Balaban J connectivity index is 1.13. The number of furan rings is 1. The minimum absolute atomic E-state index is 0.683. The van der Waals surface area contributed by atoms with Gasteiger partial charge in [0.15, 0.2) is 5.82 Å². The number of benzene rings is 9. The van der Waals surface area contributed by atoms with E-state index in [1.54, 1.807) is 0 Å². The Bertz CT molecular complexity index is 3270. The number of hydrogen-bond donors (Lipinski definition) is 0. The summed E-state index contributed by atoms with van der Waals surface area (Å²) in [7, 11) is 0. The van der Waals surface area contributed by atoms with Crippen molar-refractivity contribution in [3.8, 4) is 56.2 Å². The predicted molar refractivity (Wildman–Crippen MR) is 229 cm³/mol.